The molecule has 0 saturated carbocycles. The Bertz CT molecular complexity index is 1530. The zero-order valence-corrected chi connectivity index (χ0v) is 29.1. The van der Waals surface area contributed by atoms with Gasteiger partial charge in [0.15, 0.2) is 24.0 Å². The van der Waals surface area contributed by atoms with Crippen LogP contribution in [0.1, 0.15) is 61.6 Å². The molecule has 4 atom stereocenters. The predicted octanol–water partition coefficient (Wildman–Crippen LogP) is 4.35. The van der Waals surface area contributed by atoms with Crippen molar-refractivity contribution in [3.8, 4) is 5.75 Å². The highest BCUT2D eigenvalue weighted by Gasteiger charge is 2.61. The van der Waals surface area contributed by atoms with E-state index < -0.39 is 53.1 Å². The summed E-state index contributed by atoms with van der Waals surface area (Å²) in [6, 6.07) is 8.90. The van der Waals surface area contributed by atoms with Crippen molar-refractivity contribution in [1.82, 2.24) is 19.5 Å². The van der Waals surface area contributed by atoms with Crippen LogP contribution in [-0.4, -0.2) is 79.2 Å². The van der Waals surface area contributed by atoms with Gasteiger partial charge in [-0.05, 0) is 34.3 Å². The van der Waals surface area contributed by atoms with Crippen molar-refractivity contribution < 1.29 is 32.3 Å². The maximum Gasteiger partial charge on any atom is 0.335 e. The van der Waals surface area contributed by atoms with Crippen LogP contribution in [0.15, 0.2) is 41.5 Å². The molecular formula is C30H45N5O8Si2. The van der Waals surface area contributed by atoms with Gasteiger partial charge in [-0.15, -0.1) is 0 Å². The van der Waals surface area contributed by atoms with Crippen LogP contribution < -0.4 is 15.6 Å². The van der Waals surface area contributed by atoms with Gasteiger partial charge in [0.2, 0.25) is 5.95 Å². The summed E-state index contributed by atoms with van der Waals surface area (Å²) in [5.41, 5.74) is 0.0729. The van der Waals surface area contributed by atoms with Crippen LogP contribution in [0.5, 0.6) is 5.75 Å². The maximum atomic E-state index is 12.9. The highest BCUT2D eigenvalue weighted by Crippen LogP contribution is 2.48. The Morgan fingerprint density at radius 2 is 1.71 bits per heavy atom. The molecule has 0 bridgehead atoms. The number of aromatic nitrogens is 4. The molecule has 0 aliphatic carbocycles. The highest BCUT2D eigenvalue weighted by atomic mass is 28.5. The normalized spacial score (nSPS) is 24.6. The quantitative estimate of drug-likeness (QED) is 0.282. The van der Waals surface area contributed by atoms with Crippen molar-refractivity contribution in [2.75, 3.05) is 18.5 Å². The molecule has 2 aromatic heterocycles. The molecule has 4 heterocycles. The van der Waals surface area contributed by atoms with Gasteiger partial charge in [-0.3, -0.25) is 24.5 Å². The van der Waals surface area contributed by atoms with Crippen LogP contribution in [0.4, 0.5) is 5.95 Å². The monoisotopic (exact) mass is 659 g/mol. The van der Waals surface area contributed by atoms with Crippen molar-refractivity contribution >= 4 is 40.1 Å². The van der Waals surface area contributed by atoms with E-state index in [0.717, 1.165) is 0 Å². The lowest BCUT2D eigenvalue weighted by molar-refractivity contribution is -0.118. The van der Waals surface area contributed by atoms with E-state index in [2.05, 4.69) is 75.7 Å². The lowest BCUT2D eigenvalue weighted by Gasteiger charge is -2.51. The molecule has 45 heavy (non-hydrogen) atoms. The first-order chi connectivity index (χ1) is 21.3. The number of amides is 1. The number of hydrogen-bond acceptors (Lipinski definition) is 10. The van der Waals surface area contributed by atoms with E-state index in [4.69, 9.17) is 22.4 Å². The third-order valence-corrected chi connectivity index (χ3v) is 19.0. The highest BCUT2D eigenvalue weighted by molar-refractivity contribution is 6.84. The van der Waals surface area contributed by atoms with E-state index in [9.17, 15) is 14.7 Å². The van der Waals surface area contributed by atoms with Gasteiger partial charge in [-0.1, -0.05) is 73.6 Å². The third-order valence-electron chi connectivity index (χ3n) is 8.72. The summed E-state index contributed by atoms with van der Waals surface area (Å²) in [6.45, 7) is 16.9. The number of aromatic amines is 1. The number of hydrogen-bond donors (Lipinski definition) is 3. The molecule has 0 spiro atoms. The zero-order valence-electron chi connectivity index (χ0n) is 27.1. The number of nitrogens with zero attached hydrogens (tertiary/aromatic N) is 3. The first kappa shape index (κ1) is 33.4. The van der Waals surface area contributed by atoms with Gasteiger partial charge in [-0.25, -0.2) is 4.98 Å². The average Bonchev–Trinajstić information content (AvgIpc) is 3.52. The Morgan fingerprint density at radius 3 is 2.33 bits per heavy atom. The SMILES string of the molecule is CC(C)[Si]1(C(C)C)OC[C@H]2O[C@@H](n3cnc4c(=O)[nH]c(NC(=O)COc5ccccc5)nc43)C(O)C2O[Si](C(C)C)(C(C)C)O1. The Balaban J connectivity index is 1.45. The number of rotatable bonds is 9. The van der Waals surface area contributed by atoms with E-state index in [1.54, 1.807) is 24.3 Å². The molecule has 3 N–H and O–H groups in total. The third kappa shape index (κ3) is 6.26. The Morgan fingerprint density at radius 1 is 1.07 bits per heavy atom. The Labute approximate surface area is 265 Å². The van der Waals surface area contributed by atoms with E-state index in [1.165, 1.54) is 10.9 Å². The molecule has 0 radical (unpaired) electrons. The van der Waals surface area contributed by atoms with Crippen molar-refractivity contribution in [3.05, 3.63) is 47.0 Å². The molecule has 2 aliphatic rings. The molecule has 2 unspecified atom stereocenters. The van der Waals surface area contributed by atoms with Crippen LogP contribution in [0, 0.1) is 0 Å². The largest absolute Gasteiger partial charge is 0.484 e. The van der Waals surface area contributed by atoms with Crippen LogP contribution in [0.3, 0.4) is 0 Å². The van der Waals surface area contributed by atoms with Crippen LogP contribution in [0.2, 0.25) is 22.2 Å². The number of fused-ring (bicyclic) bond motifs is 2. The van der Waals surface area contributed by atoms with Gasteiger partial charge in [-0.2, -0.15) is 4.98 Å². The van der Waals surface area contributed by atoms with E-state index in [0.29, 0.717) is 5.75 Å². The minimum Gasteiger partial charge on any atom is -0.484 e. The summed E-state index contributed by atoms with van der Waals surface area (Å²) in [4.78, 5) is 36.8. The van der Waals surface area contributed by atoms with E-state index >= 15 is 0 Å². The number of nitrogens with one attached hydrogen (secondary N) is 2. The molecule has 5 rings (SSSR count). The van der Waals surface area contributed by atoms with Gasteiger partial charge in [0.05, 0.1) is 12.9 Å². The van der Waals surface area contributed by atoms with Crippen LogP contribution >= 0.6 is 0 Å². The molecule has 15 heteroatoms. The number of aliphatic hydroxyl groups is 1. The lowest BCUT2D eigenvalue weighted by atomic mass is 10.1. The van der Waals surface area contributed by atoms with Crippen molar-refractivity contribution in [2.24, 2.45) is 0 Å². The fraction of sp³-hybridized carbons (Fsp3) is 0.600. The van der Waals surface area contributed by atoms with Crippen molar-refractivity contribution in [1.29, 1.82) is 0 Å². The number of ether oxygens (including phenoxy) is 2. The van der Waals surface area contributed by atoms with Crippen LogP contribution in [-0.2, 0) is 22.5 Å². The Kier molecular flexibility index (Phi) is 9.70. The van der Waals surface area contributed by atoms with Gasteiger partial charge in [0.25, 0.3) is 11.5 Å². The number of anilines is 1. The second-order valence-electron chi connectivity index (χ2n) is 13.0. The predicted molar refractivity (Wildman–Crippen MR) is 172 cm³/mol. The van der Waals surface area contributed by atoms with Crippen LogP contribution in [0.25, 0.3) is 11.2 Å². The summed E-state index contributed by atoms with van der Waals surface area (Å²) in [6.07, 6.45) is -2.07. The molecule has 1 aromatic carbocycles. The number of carbonyl (C=O) groups excluding carboxylic acids is 1. The molecule has 3 aromatic rings. The number of para-hydroxylation sites is 1. The second kappa shape index (κ2) is 13.1. The van der Waals surface area contributed by atoms with Gasteiger partial charge in [0, 0.05) is 0 Å². The molecule has 1 amide bonds. The number of imidazole rings is 1. The lowest BCUT2D eigenvalue weighted by Crippen LogP contribution is -2.65. The summed E-state index contributed by atoms with van der Waals surface area (Å²) in [5.74, 6) is -0.0678. The standard InChI is InChI=1S/C30H45N5O8Si2/c1-17(2)44(18(3)4)40-14-22-26(42-45(43-44,19(5)6)20(7)8)25(37)29(41-22)35-16-31-24-27(35)33-30(34-28(24)38)32-23(36)15-39-21-12-10-9-11-13-21/h9-13,16-20,22,25-26,29,37H,14-15H2,1-8H3,(H2,32,33,34,36,38)/t22-,25?,26?,29-/m1/s1. The smallest absolute Gasteiger partial charge is 0.335 e. The van der Waals surface area contributed by atoms with Gasteiger partial charge >= 0.3 is 17.1 Å². The van der Waals surface area contributed by atoms with Crippen molar-refractivity contribution in [3.63, 3.8) is 0 Å². The zero-order chi connectivity index (χ0) is 32.7. The number of H-pyrrole nitrogens is 1. The molecular weight excluding hydrogens is 615 g/mol. The average molecular weight is 660 g/mol. The van der Waals surface area contributed by atoms with Crippen molar-refractivity contribution in [2.45, 2.75) is 102 Å². The first-order valence-electron chi connectivity index (χ1n) is 15.6. The summed E-state index contributed by atoms with van der Waals surface area (Å²) >= 11 is 0. The summed E-state index contributed by atoms with van der Waals surface area (Å²) < 4.78 is 34.5. The fourth-order valence-corrected chi connectivity index (χ4v) is 17.6. The first-order valence-corrected chi connectivity index (χ1v) is 19.5. The Hall–Kier alpha value is -2.93. The maximum absolute atomic E-state index is 12.9. The number of aliphatic hydroxyl groups excluding tert-OH is 1. The molecule has 13 nitrogen and oxygen atoms in total. The number of benzene rings is 1. The number of carbonyl (C=O) groups is 1. The van der Waals surface area contributed by atoms with Gasteiger partial charge in [0.1, 0.15) is 24.1 Å². The molecule has 2 aliphatic heterocycles. The summed E-state index contributed by atoms with van der Waals surface area (Å²) in [5, 5.41) is 14.3. The minimum absolute atomic E-state index is 0.0354. The molecule has 2 fully saturated rings. The molecule has 2 saturated heterocycles. The van der Waals surface area contributed by atoms with E-state index in [1.807, 2.05) is 6.07 Å². The van der Waals surface area contributed by atoms with Gasteiger partial charge < -0.3 is 27.5 Å². The fourth-order valence-electron chi connectivity index (χ4n) is 6.37. The van der Waals surface area contributed by atoms with E-state index in [-0.39, 0.29) is 52.5 Å². The molecule has 246 valence electrons. The second-order valence-corrected chi connectivity index (χ2v) is 21.8. The minimum atomic E-state index is -3.00. The summed E-state index contributed by atoms with van der Waals surface area (Å²) in [7, 11) is -5.81. The topological polar surface area (TPSA) is 159 Å².